The first kappa shape index (κ1) is 33.2. The van der Waals surface area contributed by atoms with Crippen molar-refractivity contribution in [1.29, 1.82) is 0 Å². The maximum Gasteiger partial charge on any atom is 0.331 e. The van der Waals surface area contributed by atoms with Gasteiger partial charge in [0.2, 0.25) is 0 Å². The van der Waals surface area contributed by atoms with Gasteiger partial charge >= 0.3 is 11.7 Å². The van der Waals surface area contributed by atoms with Crippen LogP contribution in [-0.2, 0) is 27.4 Å². The quantitative estimate of drug-likeness (QED) is 0.134. The molecule has 0 spiro atoms. The second kappa shape index (κ2) is 16.4. The Morgan fingerprint density at radius 1 is 0.826 bits per heavy atom. The lowest BCUT2D eigenvalue weighted by Gasteiger charge is -2.34. The molecule has 0 unspecified atom stereocenters. The zero-order valence-corrected chi connectivity index (χ0v) is 26.7. The number of rotatable bonds is 15. The van der Waals surface area contributed by atoms with Gasteiger partial charge in [0.15, 0.2) is 0 Å². The van der Waals surface area contributed by atoms with E-state index in [1.165, 1.54) is 16.7 Å². The Morgan fingerprint density at radius 2 is 1.43 bits per heavy atom. The number of fused-ring (bicyclic) bond motifs is 1. The summed E-state index contributed by atoms with van der Waals surface area (Å²) in [6.45, 7) is 5.60. The first-order valence-electron chi connectivity index (χ1n) is 16.5. The van der Waals surface area contributed by atoms with Crippen molar-refractivity contribution in [2.75, 3.05) is 26.2 Å². The van der Waals surface area contributed by atoms with Crippen molar-refractivity contribution in [3.8, 4) is 5.75 Å². The number of ether oxygens (including phenoxy) is 2. The summed E-state index contributed by atoms with van der Waals surface area (Å²) >= 11 is 0. The molecule has 1 aromatic heterocycles. The number of aromatic nitrogens is 2. The number of benzene rings is 3. The summed E-state index contributed by atoms with van der Waals surface area (Å²) in [7, 11) is 0. The summed E-state index contributed by atoms with van der Waals surface area (Å²) in [6.07, 6.45) is 4.96. The van der Waals surface area contributed by atoms with E-state index in [2.05, 4.69) is 53.4 Å². The van der Waals surface area contributed by atoms with Crippen molar-refractivity contribution < 1.29 is 19.4 Å². The summed E-state index contributed by atoms with van der Waals surface area (Å²) in [4.78, 5) is 40.8. The smallest absolute Gasteiger partial charge is 0.331 e. The molecule has 0 radical (unpaired) electrons. The molecule has 1 aliphatic rings. The van der Waals surface area contributed by atoms with E-state index in [9.17, 15) is 19.5 Å². The number of unbranched alkanes of at least 4 members (excludes halogenated alkanes) is 2. The van der Waals surface area contributed by atoms with Gasteiger partial charge in [0.05, 0.1) is 23.6 Å². The number of hydrogen-bond acceptors (Lipinski definition) is 7. The molecular formula is C37H45N3O6. The third kappa shape index (κ3) is 8.53. The molecule has 5 rings (SSSR count). The standard InChI is InChI=1S/C37H45N3O6/c1-2-45-34(42)17-9-10-24-40-36(43)32-27-30(41)18-19-33(32)39(37(40)44)23-12-11-22-38-25-20-31(21-26-38)46-35(28-13-5-3-6-14-28)29-15-7-4-8-16-29/h3-8,13-16,18-19,27,31,35,41H,2,9-12,17,20-26H2,1H3. The molecule has 0 bridgehead atoms. The van der Waals surface area contributed by atoms with Crippen LogP contribution in [0, 0.1) is 0 Å². The van der Waals surface area contributed by atoms with Crippen molar-refractivity contribution in [1.82, 2.24) is 14.0 Å². The van der Waals surface area contributed by atoms with E-state index in [1.807, 2.05) is 12.1 Å². The minimum absolute atomic E-state index is 0.0186. The van der Waals surface area contributed by atoms with Crippen LogP contribution in [0.5, 0.6) is 5.75 Å². The van der Waals surface area contributed by atoms with Crippen LogP contribution in [0.4, 0.5) is 0 Å². The number of phenols is 1. The molecule has 9 heteroatoms. The number of carbonyl (C=O) groups is 1. The molecule has 0 saturated carbocycles. The van der Waals surface area contributed by atoms with Crippen molar-refractivity contribution >= 4 is 16.9 Å². The molecule has 1 saturated heterocycles. The Labute approximate surface area is 270 Å². The first-order chi connectivity index (χ1) is 22.4. The van der Waals surface area contributed by atoms with Gasteiger partial charge in [-0.1, -0.05) is 60.7 Å². The van der Waals surface area contributed by atoms with Crippen LogP contribution in [0.15, 0.2) is 88.5 Å². The SMILES string of the molecule is CCOC(=O)CCCCn1c(=O)c2cc(O)ccc2n(CCCCN2CCC(OC(c3ccccc3)c3ccccc3)CC2)c1=O. The molecule has 0 aliphatic carbocycles. The van der Waals surface area contributed by atoms with Gasteiger partial charge in [-0.25, -0.2) is 4.79 Å². The van der Waals surface area contributed by atoms with E-state index < -0.39 is 5.56 Å². The zero-order chi connectivity index (χ0) is 32.3. The minimum Gasteiger partial charge on any atom is -0.508 e. The Hall–Kier alpha value is -4.21. The third-order valence-electron chi connectivity index (χ3n) is 8.70. The highest BCUT2D eigenvalue weighted by molar-refractivity contribution is 5.79. The molecule has 9 nitrogen and oxygen atoms in total. The maximum absolute atomic E-state index is 13.5. The highest BCUT2D eigenvalue weighted by atomic mass is 16.5. The highest BCUT2D eigenvalue weighted by Crippen LogP contribution is 2.30. The monoisotopic (exact) mass is 627 g/mol. The van der Waals surface area contributed by atoms with E-state index in [-0.39, 0.29) is 42.6 Å². The lowest BCUT2D eigenvalue weighted by Crippen LogP contribution is -2.40. The van der Waals surface area contributed by atoms with Crippen molar-refractivity contribution in [3.05, 3.63) is 111 Å². The second-order valence-electron chi connectivity index (χ2n) is 11.9. The number of esters is 1. The first-order valence-corrected chi connectivity index (χ1v) is 16.5. The van der Waals surface area contributed by atoms with E-state index in [0.29, 0.717) is 36.9 Å². The molecule has 3 aromatic carbocycles. The molecule has 4 aromatic rings. The Kier molecular flexibility index (Phi) is 11.8. The largest absolute Gasteiger partial charge is 0.508 e. The zero-order valence-electron chi connectivity index (χ0n) is 26.7. The van der Waals surface area contributed by atoms with E-state index >= 15 is 0 Å². The fourth-order valence-corrected chi connectivity index (χ4v) is 6.27. The number of aryl methyl sites for hydroxylation is 1. The Balaban J connectivity index is 1.15. The predicted octanol–water partition coefficient (Wildman–Crippen LogP) is 5.65. The van der Waals surface area contributed by atoms with Crippen molar-refractivity contribution in [2.45, 2.75) is 77.2 Å². The second-order valence-corrected chi connectivity index (χ2v) is 11.9. The summed E-state index contributed by atoms with van der Waals surface area (Å²) < 4.78 is 14.6. The number of likely N-dealkylation sites (tertiary alicyclic amines) is 1. The van der Waals surface area contributed by atoms with E-state index in [1.54, 1.807) is 17.6 Å². The predicted molar refractivity (Wildman–Crippen MR) is 179 cm³/mol. The van der Waals surface area contributed by atoms with Gasteiger partial charge in [-0.15, -0.1) is 0 Å². The fraction of sp³-hybridized carbons (Fsp3) is 0.432. The van der Waals surface area contributed by atoms with Gasteiger partial charge in [-0.3, -0.25) is 18.7 Å². The topological polar surface area (TPSA) is 103 Å². The number of hydrogen-bond donors (Lipinski definition) is 1. The number of aromatic hydroxyl groups is 1. The molecule has 1 fully saturated rings. The van der Waals surface area contributed by atoms with E-state index in [0.717, 1.165) is 56.4 Å². The average Bonchev–Trinajstić information content (AvgIpc) is 3.08. The Morgan fingerprint density at radius 3 is 2.09 bits per heavy atom. The third-order valence-corrected chi connectivity index (χ3v) is 8.70. The summed E-state index contributed by atoms with van der Waals surface area (Å²) in [5.41, 5.74) is 2.08. The van der Waals surface area contributed by atoms with Crippen LogP contribution in [0.2, 0.25) is 0 Å². The number of phenolic OH excluding ortho intramolecular Hbond substituents is 1. The lowest BCUT2D eigenvalue weighted by atomic mass is 10.00. The van der Waals surface area contributed by atoms with Gasteiger partial charge < -0.3 is 19.5 Å². The molecule has 2 heterocycles. The fourth-order valence-electron chi connectivity index (χ4n) is 6.27. The summed E-state index contributed by atoms with van der Waals surface area (Å²) in [5.74, 6) is -0.300. The average molecular weight is 628 g/mol. The van der Waals surface area contributed by atoms with Crippen LogP contribution in [-0.4, -0.2) is 57.5 Å². The van der Waals surface area contributed by atoms with Crippen molar-refractivity contribution in [2.24, 2.45) is 0 Å². The number of nitrogens with zero attached hydrogens (tertiary/aromatic N) is 3. The van der Waals surface area contributed by atoms with Gasteiger partial charge in [0, 0.05) is 32.6 Å². The normalized spacial score (nSPS) is 14.2. The van der Waals surface area contributed by atoms with Gasteiger partial charge in [-0.05, 0) is 81.3 Å². The summed E-state index contributed by atoms with van der Waals surface area (Å²) in [5, 5.41) is 10.4. The van der Waals surface area contributed by atoms with Gasteiger partial charge in [-0.2, -0.15) is 0 Å². The molecule has 46 heavy (non-hydrogen) atoms. The highest BCUT2D eigenvalue weighted by Gasteiger charge is 2.24. The number of carbonyl (C=O) groups excluding carboxylic acids is 1. The van der Waals surface area contributed by atoms with E-state index in [4.69, 9.17) is 9.47 Å². The maximum atomic E-state index is 13.5. The Bertz CT molecular complexity index is 1640. The van der Waals surface area contributed by atoms with Crippen molar-refractivity contribution in [3.63, 3.8) is 0 Å². The van der Waals surface area contributed by atoms with Crippen LogP contribution in [0.25, 0.3) is 10.9 Å². The van der Waals surface area contributed by atoms with Crippen LogP contribution < -0.4 is 11.2 Å². The molecule has 1 aliphatic heterocycles. The minimum atomic E-state index is -0.421. The molecule has 0 atom stereocenters. The lowest BCUT2D eigenvalue weighted by molar-refractivity contribution is -0.143. The van der Waals surface area contributed by atoms with Crippen LogP contribution >= 0.6 is 0 Å². The van der Waals surface area contributed by atoms with Gasteiger partial charge in [0.25, 0.3) is 5.56 Å². The van der Waals surface area contributed by atoms with Gasteiger partial charge in [0.1, 0.15) is 11.9 Å². The molecule has 0 amide bonds. The van der Waals surface area contributed by atoms with Crippen LogP contribution in [0.1, 0.15) is 69.1 Å². The molecule has 1 N–H and O–H groups in total. The molecule has 244 valence electrons. The molecular weight excluding hydrogens is 582 g/mol. The van der Waals surface area contributed by atoms with Crippen LogP contribution in [0.3, 0.4) is 0 Å². The number of piperidine rings is 1. The summed E-state index contributed by atoms with van der Waals surface area (Å²) in [6, 6.07) is 25.4.